The first-order chi connectivity index (χ1) is 8.58. The summed E-state index contributed by atoms with van der Waals surface area (Å²) in [4.78, 5) is 24.6. The van der Waals surface area contributed by atoms with Gasteiger partial charge < -0.3 is 15.1 Å². The summed E-state index contributed by atoms with van der Waals surface area (Å²) in [5.74, 6) is -1.53. The molecule has 1 fully saturated rings. The van der Waals surface area contributed by atoms with Gasteiger partial charge in [0.25, 0.3) is 5.91 Å². The highest BCUT2D eigenvalue weighted by Crippen LogP contribution is 2.20. The summed E-state index contributed by atoms with van der Waals surface area (Å²) in [6, 6.07) is 6.10. The van der Waals surface area contributed by atoms with E-state index in [1.807, 2.05) is 0 Å². The lowest BCUT2D eigenvalue weighted by atomic mass is 9.97. The van der Waals surface area contributed by atoms with Crippen LogP contribution in [0.3, 0.4) is 0 Å². The van der Waals surface area contributed by atoms with E-state index in [1.54, 1.807) is 12.1 Å². The van der Waals surface area contributed by atoms with Crippen LogP contribution in [-0.4, -0.2) is 40.1 Å². The summed E-state index contributed by atoms with van der Waals surface area (Å²) >= 11 is 0. The predicted octanol–water partition coefficient (Wildman–Crippen LogP) is 1.33. The Kier molecular flexibility index (Phi) is 3.50. The lowest BCUT2D eigenvalue weighted by Crippen LogP contribution is -2.42. The van der Waals surface area contributed by atoms with Crippen LogP contribution in [0.4, 0.5) is 0 Å². The van der Waals surface area contributed by atoms with Gasteiger partial charge in [0.2, 0.25) is 0 Å². The summed E-state index contributed by atoms with van der Waals surface area (Å²) in [5.41, 5.74) is 0.390. The molecule has 0 aromatic heterocycles. The van der Waals surface area contributed by atoms with Crippen LogP contribution in [0.25, 0.3) is 0 Å². The highest BCUT2D eigenvalue weighted by Gasteiger charge is 2.28. The topological polar surface area (TPSA) is 77.8 Å². The molecule has 2 rings (SSSR count). The molecule has 1 aromatic carbocycles. The van der Waals surface area contributed by atoms with E-state index in [9.17, 15) is 14.7 Å². The van der Waals surface area contributed by atoms with E-state index in [4.69, 9.17) is 5.11 Å². The third-order valence-corrected chi connectivity index (χ3v) is 3.15. The van der Waals surface area contributed by atoms with Crippen LogP contribution in [0, 0.1) is 5.92 Å². The number of carboxylic acids is 1. The first-order valence-corrected chi connectivity index (χ1v) is 5.89. The quantitative estimate of drug-likeness (QED) is 0.828. The Morgan fingerprint density at radius 2 is 2.11 bits per heavy atom. The van der Waals surface area contributed by atoms with Crippen molar-refractivity contribution in [3.8, 4) is 5.75 Å². The molecule has 5 nitrogen and oxygen atoms in total. The van der Waals surface area contributed by atoms with Gasteiger partial charge in [0.1, 0.15) is 5.75 Å². The maximum atomic E-state index is 12.1. The van der Waals surface area contributed by atoms with E-state index in [-0.39, 0.29) is 18.2 Å². The maximum absolute atomic E-state index is 12.1. The van der Waals surface area contributed by atoms with Gasteiger partial charge >= 0.3 is 5.97 Å². The summed E-state index contributed by atoms with van der Waals surface area (Å²) < 4.78 is 0. The fourth-order valence-corrected chi connectivity index (χ4v) is 2.18. The minimum atomic E-state index is -0.858. The van der Waals surface area contributed by atoms with Gasteiger partial charge in [0.15, 0.2) is 0 Å². The Labute approximate surface area is 105 Å². The van der Waals surface area contributed by atoms with Gasteiger partial charge in [-0.2, -0.15) is 0 Å². The molecule has 0 saturated carbocycles. The average Bonchev–Trinajstić information content (AvgIpc) is 2.38. The molecule has 1 aliphatic rings. The van der Waals surface area contributed by atoms with Gasteiger partial charge in [-0.25, -0.2) is 0 Å². The molecule has 0 radical (unpaired) electrons. The van der Waals surface area contributed by atoms with E-state index in [0.717, 1.165) is 0 Å². The van der Waals surface area contributed by atoms with Crippen molar-refractivity contribution in [1.29, 1.82) is 0 Å². The van der Waals surface area contributed by atoms with Gasteiger partial charge in [-0.3, -0.25) is 9.59 Å². The van der Waals surface area contributed by atoms with E-state index < -0.39 is 11.9 Å². The Hall–Kier alpha value is -2.04. The van der Waals surface area contributed by atoms with Crippen molar-refractivity contribution in [3.63, 3.8) is 0 Å². The van der Waals surface area contributed by atoms with Crippen LogP contribution in [0.1, 0.15) is 23.2 Å². The van der Waals surface area contributed by atoms with Crippen molar-refractivity contribution < 1.29 is 19.8 Å². The second kappa shape index (κ2) is 5.08. The normalized spacial score (nSPS) is 19.6. The summed E-state index contributed by atoms with van der Waals surface area (Å²) in [6.45, 7) is 0.808. The highest BCUT2D eigenvalue weighted by molar-refractivity contribution is 5.95. The zero-order valence-electron chi connectivity index (χ0n) is 9.87. The van der Waals surface area contributed by atoms with Crippen LogP contribution < -0.4 is 0 Å². The molecule has 2 N–H and O–H groups in total. The number of phenols is 1. The number of aromatic hydroxyl groups is 1. The molecule has 5 heteroatoms. The van der Waals surface area contributed by atoms with Gasteiger partial charge in [0.05, 0.1) is 5.92 Å². The summed E-state index contributed by atoms with van der Waals surface area (Å²) in [6.07, 6.45) is 1.31. The number of amides is 1. The minimum absolute atomic E-state index is 0.0349. The SMILES string of the molecule is O=C(O)C1CCCN(C(=O)c2cccc(O)c2)C1. The molecular formula is C13H15NO4. The molecule has 1 unspecified atom stereocenters. The third-order valence-electron chi connectivity index (χ3n) is 3.15. The van der Waals surface area contributed by atoms with Crippen molar-refractivity contribution in [2.24, 2.45) is 5.92 Å². The van der Waals surface area contributed by atoms with Crippen molar-refractivity contribution >= 4 is 11.9 Å². The second-order valence-electron chi connectivity index (χ2n) is 4.48. The number of carbonyl (C=O) groups excluding carboxylic acids is 1. The molecule has 1 aliphatic heterocycles. The molecule has 1 amide bonds. The number of likely N-dealkylation sites (tertiary alicyclic amines) is 1. The number of aliphatic carboxylic acids is 1. The van der Waals surface area contributed by atoms with E-state index in [1.165, 1.54) is 17.0 Å². The molecular weight excluding hydrogens is 234 g/mol. The number of rotatable bonds is 2. The summed E-state index contributed by atoms with van der Waals surface area (Å²) in [5, 5.41) is 18.3. The van der Waals surface area contributed by atoms with E-state index in [2.05, 4.69) is 0 Å². The molecule has 1 aromatic rings. The molecule has 1 heterocycles. The number of carbonyl (C=O) groups is 2. The maximum Gasteiger partial charge on any atom is 0.308 e. The van der Waals surface area contributed by atoms with Crippen LogP contribution >= 0.6 is 0 Å². The Bertz CT molecular complexity index is 472. The number of hydrogen-bond acceptors (Lipinski definition) is 3. The van der Waals surface area contributed by atoms with Gasteiger partial charge in [0, 0.05) is 18.7 Å². The van der Waals surface area contributed by atoms with E-state index >= 15 is 0 Å². The monoisotopic (exact) mass is 249 g/mol. The molecule has 96 valence electrons. The van der Waals surface area contributed by atoms with Gasteiger partial charge in [-0.15, -0.1) is 0 Å². The van der Waals surface area contributed by atoms with Crippen LogP contribution in [0.2, 0.25) is 0 Å². The second-order valence-corrected chi connectivity index (χ2v) is 4.48. The number of hydrogen-bond donors (Lipinski definition) is 2. The standard InChI is InChI=1S/C13H15NO4/c15-11-5-1-3-9(7-11)12(16)14-6-2-4-10(8-14)13(17)18/h1,3,5,7,10,15H,2,4,6,8H2,(H,17,18). The summed E-state index contributed by atoms with van der Waals surface area (Å²) in [7, 11) is 0. The van der Waals surface area contributed by atoms with Crippen molar-refractivity contribution in [3.05, 3.63) is 29.8 Å². The average molecular weight is 249 g/mol. The Morgan fingerprint density at radius 3 is 2.78 bits per heavy atom. The highest BCUT2D eigenvalue weighted by atomic mass is 16.4. The first-order valence-electron chi connectivity index (χ1n) is 5.89. The molecule has 0 aliphatic carbocycles. The van der Waals surface area contributed by atoms with E-state index in [0.29, 0.717) is 24.9 Å². The number of phenolic OH excluding ortho intramolecular Hbond substituents is 1. The lowest BCUT2D eigenvalue weighted by Gasteiger charge is -2.30. The zero-order valence-corrected chi connectivity index (χ0v) is 9.87. The Balaban J connectivity index is 2.11. The molecule has 0 spiro atoms. The number of piperidine rings is 1. The van der Waals surface area contributed by atoms with Crippen LogP contribution in [0.5, 0.6) is 5.75 Å². The smallest absolute Gasteiger partial charge is 0.308 e. The zero-order chi connectivity index (χ0) is 13.1. The fourth-order valence-electron chi connectivity index (χ4n) is 2.18. The Morgan fingerprint density at radius 1 is 1.33 bits per heavy atom. The van der Waals surface area contributed by atoms with Crippen LogP contribution in [-0.2, 0) is 4.79 Å². The fraction of sp³-hybridized carbons (Fsp3) is 0.385. The largest absolute Gasteiger partial charge is 0.508 e. The number of nitrogens with zero attached hydrogens (tertiary/aromatic N) is 1. The molecule has 0 bridgehead atoms. The molecule has 1 atom stereocenters. The lowest BCUT2D eigenvalue weighted by molar-refractivity contribution is -0.143. The van der Waals surface area contributed by atoms with Crippen molar-refractivity contribution in [2.75, 3.05) is 13.1 Å². The van der Waals surface area contributed by atoms with Crippen molar-refractivity contribution in [1.82, 2.24) is 4.90 Å². The van der Waals surface area contributed by atoms with Gasteiger partial charge in [-0.1, -0.05) is 6.07 Å². The minimum Gasteiger partial charge on any atom is -0.508 e. The molecule has 1 saturated heterocycles. The van der Waals surface area contributed by atoms with Crippen molar-refractivity contribution in [2.45, 2.75) is 12.8 Å². The predicted molar refractivity (Wildman–Crippen MR) is 64.4 cm³/mol. The van der Waals surface area contributed by atoms with Gasteiger partial charge in [-0.05, 0) is 31.0 Å². The first kappa shape index (κ1) is 12.4. The van der Waals surface area contributed by atoms with Crippen LogP contribution in [0.15, 0.2) is 24.3 Å². The number of carboxylic acid groups (broad SMARTS) is 1. The number of benzene rings is 1. The third kappa shape index (κ3) is 2.61. The molecule has 18 heavy (non-hydrogen) atoms.